The summed E-state index contributed by atoms with van der Waals surface area (Å²) in [5.41, 5.74) is 11.2. The van der Waals surface area contributed by atoms with Crippen LogP contribution in [0.4, 0.5) is 0 Å². The van der Waals surface area contributed by atoms with Crippen LogP contribution in [0, 0.1) is 6.92 Å². The molecule has 0 atom stereocenters. The van der Waals surface area contributed by atoms with Crippen LogP contribution in [-0.2, 0) is 0 Å². The molecule has 0 aliphatic rings. The van der Waals surface area contributed by atoms with Crippen LogP contribution in [-0.4, -0.2) is 0 Å². The number of hydrogen-bond donors (Lipinski definition) is 0. The molecule has 5 aromatic rings. The van der Waals surface area contributed by atoms with Crippen molar-refractivity contribution in [3.05, 3.63) is 133 Å². The second-order valence-electron chi connectivity index (χ2n) is 7.98. The van der Waals surface area contributed by atoms with Gasteiger partial charge in [-0.05, 0) is 81.3 Å². The van der Waals surface area contributed by atoms with Crippen molar-refractivity contribution in [2.24, 2.45) is 0 Å². The molecule has 0 amide bonds. The van der Waals surface area contributed by atoms with Crippen LogP contribution >= 0.6 is 0 Å². The predicted octanol–water partition coefficient (Wildman–Crippen LogP) is 8.66. The van der Waals surface area contributed by atoms with Crippen molar-refractivity contribution in [2.45, 2.75) is 6.92 Å². The van der Waals surface area contributed by atoms with Crippen molar-refractivity contribution in [1.29, 1.82) is 0 Å². The highest BCUT2D eigenvalue weighted by Crippen LogP contribution is 2.35. The van der Waals surface area contributed by atoms with E-state index in [1.807, 2.05) is 0 Å². The van der Waals surface area contributed by atoms with E-state index in [-0.39, 0.29) is 0 Å². The van der Waals surface area contributed by atoms with Crippen molar-refractivity contribution in [2.75, 3.05) is 0 Å². The van der Waals surface area contributed by atoms with Crippen LogP contribution in [0.2, 0.25) is 0 Å². The summed E-state index contributed by atoms with van der Waals surface area (Å²) in [6.07, 6.45) is 0. The van der Waals surface area contributed by atoms with Crippen molar-refractivity contribution in [1.82, 2.24) is 0 Å². The molecule has 0 N–H and O–H groups in total. The van der Waals surface area contributed by atoms with Crippen LogP contribution in [0.1, 0.15) is 5.56 Å². The van der Waals surface area contributed by atoms with E-state index in [1.54, 1.807) is 0 Å². The fourth-order valence-corrected chi connectivity index (χ4v) is 4.14. The molecule has 0 heterocycles. The Kier molecular flexibility index (Phi) is 5.21. The molecule has 148 valence electrons. The Hall–Kier alpha value is -3.90. The Balaban J connectivity index is 1.70. The fraction of sp³-hybridized carbons (Fsp3) is 0.0323. The summed E-state index contributed by atoms with van der Waals surface area (Å²) in [6.45, 7) is 2.18. The Morgan fingerprint density at radius 1 is 0.290 bits per heavy atom. The van der Waals surface area contributed by atoms with Gasteiger partial charge in [0, 0.05) is 0 Å². The van der Waals surface area contributed by atoms with Crippen molar-refractivity contribution >= 4 is 0 Å². The van der Waals surface area contributed by atoms with Gasteiger partial charge < -0.3 is 0 Å². The molecule has 0 aliphatic heterocycles. The molecule has 0 aromatic heterocycles. The van der Waals surface area contributed by atoms with Crippen molar-refractivity contribution in [3.63, 3.8) is 0 Å². The van der Waals surface area contributed by atoms with Gasteiger partial charge in [-0.15, -0.1) is 0 Å². The molecule has 31 heavy (non-hydrogen) atoms. The number of rotatable bonds is 4. The van der Waals surface area contributed by atoms with Crippen LogP contribution < -0.4 is 0 Å². The second-order valence-corrected chi connectivity index (χ2v) is 7.98. The Morgan fingerprint density at radius 3 is 0.903 bits per heavy atom. The lowest BCUT2D eigenvalue weighted by Crippen LogP contribution is -1.88. The second kappa shape index (κ2) is 8.45. The third kappa shape index (κ3) is 4.20. The lowest BCUT2D eigenvalue weighted by atomic mass is 9.91. The first-order valence-electron chi connectivity index (χ1n) is 10.7. The van der Waals surface area contributed by atoms with E-state index < -0.39 is 0 Å². The monoisotopic (exact) mass is 396 g/mol. The summed E-state index contributed by atoms with van der Waals surface area (Å²) in [5.74, 6) is 0. The third-order valence-electron chi connectivity index (χ3n) is 5.67. The largest absolute Gasteiger partial charge is 0.0622 e. The van der Waals surface area contributed by atoms with Gasteiger partial charge >= 0.3 is 0 Å². The normalized spacial score (nSPS) is 10.7. The van der Waals surface area contributed by atoms with Gasteiger partial charge in [0.25, 0.3) is 0 Å². The average molecular weight is 397 g/mol. The predicted molar refractivity (Wildman–Crippen MR) is 133 cm³/mol. The van der Waals surface area contributed by atoms with Gasteiger partial charge in [-0.2, -0.15) is 0 Å². The van der Waals surface area contributed by atoms with Crippen molar-refractivity contribution < 1.29 is 0 Å². The highest BCUT2D eigenvalue weighted by molar-refractivity contribution is 5.83. The standard InChI is InChI=1S/C31H24/c1-23-17-27(24-11-5-2-6-12-24)19-28(18-23)31-21-29(25-13-7-3-8-14-25)20-30(22-31)26-15-9-4-10-16-26/h2-22H,1H3. The lowest BCUT2D eigenvalue weighted by molar-refractivity contribution is 1.46. The summed E-state index contributed by atoms with van der Waals surface area (Å²) in [6, 6.07) is 45.6. The minimum atomic E-state index is 1.23. The van der Waals surface area contributed by atoms with Gasteiger partial charge in [0.2, 0.25) is 0 Å². The van der Waals surface area contributed by atoms with Crippen molar-refractivity contribution in [3.8, 4) is 44.5 Å². The minimum Gasteiger partial charge on any atom is -0.0622 e. The zero-order valence-corrected chi connectivity index (χ0v) is 17.6. The van der Waals surface area contributed by atoms with E-state index in [0.29, 0.717) is 0 Å². The summed E-state index contributed by atoms with van der Waals surface area (Å²) < 4.78 is 0. The van der Waals surface area contributed by atoms with E-state index in [0.717, 1.165) is 0 Å². The molecule has 0 spiro atoms. The zero-order valence-electron chi connectivity index (χ0n) is 17.6. The Morgan fingerprint density at radius 2 is 0.548 bits per heavy atom. The van der Waals surface area contributed by atoms with Gasteiger partial charge in [0.1, 0.15) is 0 Å². The molecule has 0 unspecified atom stereocenters. The van der Waals surface area contributed by atoms with Crippen LogP contribution in [0.3, 0.4) is 0 Å². The third-order valence-corrected chi connectivity index (χ3v) is 5.67. The zero-order chi connectivity index (χ0) is 21.0. The Bertz CT molecular complexity index is 1240. The van der Waals surface area contributed by atoms with Gasteiger partial charge in [-0.1, -0.05) is 103 Å². The molecular formula is C31H24. The minimum absolute atomic E-state index is 1.23. The maximum atomic E-state index is 2.31. The first kappa shape index (κ1) is 19.1. The van der Waals surface area contributed by atoms with Crippen LogP contribution in [0.15, 0.2) is 127 Å². The quantitative estimate of drug-likeness (QED) is 0.285. The molecule has 0 radical (unpaired) electrons. The maximum absolute atomic E-state index is 2.31. The van der Waals surface area contributed by atoms with Gasteiger partial charge in [0.05, 0.1) is 0 Å². The molecule has 5 aromatic carbocycles. The molecule has 0 saturated carbocycles. The van der Waals surface area contributed by atoms with Crippen LogP contribution in [0.5, 0.6) is 0 Å². The molecule has 0 aliphatic carbocycles. The molecule has 0 saturated heterocycles. The van der Waals surface area contributed by atoms with E-state index in [2.05, 4.69) is 134 Å². The molecule has 0 fully saturated rings. The molecule has 0 bridgehead atoms. The topological polar surface area (TPSA) is 0 Å². The van der Waals surface area contributed by atoms with E-state index in [4.69, 9.17) is 0 Å². The first-order valence-corrected chi connectivity index (χ1v) is 10.7. The lowest BCUT2D eigenvalue weighted by Gasteiger charge is -2.13. The summed E-state index contributed by atoms with van der Waals surface area (Å²) in [4.78, 5) is 0. The maximum Gasteiger partial charge on any atom is -0.0171 e. The number of aryl methyl sites for hydroxylation is 1. The van der Waals surface area contributed by atoms with E-state index in [9.17, 15) is 0 Å². The highest BCUT2D eigenvalue weighted by Gasteiger charge is 2.09. The van der Waals surface area contributed by atoms with E-state index >= 15 is 0 Å². The Labute approximate surface area is 184 Å². The van der Waals surface area contributed by atoms with Gasteiger partial charge in [-0.25, -0.2) is 0 Å². The molecular weight excluding hydrogens is 372 g/mol. The number of hydrogen-bond acceptors (Lipinski definition) is 0. The smallest absolute Gasteiger partial charge is 0.0171 e. The molecule has 0 heteroatoms. The summed E-state index contributed by atoms with van der Waals surface area (Å²) in [5, 5.41) is 0. The average Bonchev–Trinajstić information content (AvgIpc) is 2.85. The summed E-state index contributed by atoms with van der Waals surface area (Å²) in [7, 11) is 0. The molecule has 0 nitrogen and oxygen atoms in total. The first-order chi connectivity index (χ1) is 15.3. The van der Waals surface area contributed by atoms with Gasteiger partial charge in [0.15, 0.2) is 0 Å². The number of benzene rings is 5. The molecule has 5 rings (SSSR count). The van der Waals surface area contributed by atoms with E-state index in [1.165, 1.54) is 50.1 Å². The summed E-state index contributed by atoms with van der Waals surface area (Å²) >= 11 is 0. The van der Waals surface area contributed by atoms with Crippen LogP contribution in [0.25, 0.3) is 44.5 Å². The highest BCUT2D eigenvalue weighted by atomic mass is 14.1. The fourth-order valence-electron chi connectivity index (χ4n) is 4.14. The SMILES string of the molecule is Cc1cc(-c2ccccc2)cc(-c2cc(-c3ccccc3)cc(-c3ccccc3)c2)c1. The van der Waals surface area contributed by atoms with Gasteiger partial charge in [-0.3, -0.25) is 0 Å².